The molecule has 0 aliphatic heterocycles. The highest BCUT2D eigenvalue weighted by atomic mass is 15.2. The third kappa shape index (κ3) is 7.57. The standard InChI is InChI=1S/C31H44N4/c1-7-26-20-27(8-2)31(28(9-3)21-26)34-15-17-35(22-29-12-10-11-13-32-29)16-14-33-30-24(5)18-23(4)19-25(30)6/h10-13,18-21,33-34H,7-9,14-17,22H2,1-6H3. The van der Waals surface area contributed by atoms with Crippen LogP contribution in [0.5, 0.6) is 0 Å². The zero-order valence-corrected chi connectivity index (χ0v) is 22.7. The van der Waals surface area contributed by atoms with Gasteiger partial charge in [0.2, 0.25) is 0 Å². The first-order valence-corrected chi connectivity index (χ1v) is 13.3. The van der Waals surface area contributed by atoms with Crippen molar-refractivity contribution < 1.29 is 0 Å². The summed E-state index contributed by atoms with van der Waals surface area (Å²) in [7, 11) is 0. The summed E-state index contributed by atoms with van der Waals surface area (Å²) in [6, 6.07) is 15.4. The molecular formula is C31H44N4. The molecule has 35 heavy (non-hydrogen) atoms. The molecule has 0 unspecified atom stereocenters. The first-order chi connectivity index (χ1) is 16.9. The molecule has 0 bridgehead atoms. The van der Waals surface area contributed by atoms with Gasteiger partial charge in [-0.05, 0) is 80.0 Å². The number of rotatable bonds is 13. The second kappa shape index (κ2) is 13.3. The highest BCUT2D eigenvalue weighted by Gasteiger charge is 2.11. The van der Waals surface area contributed by atoms with Crippen molar-refractivity contribution in [2.75, 3.05) is 36.8 Å². The fraction of sp³-hybridized carbons (Fsp3) is 0.452. The van der Waals surface area contributed by atoms with Gasteiger partial charge in [-0.1, -0.05) is 56.7 Å². The highest BCUT2D eigenvalue weighted by molar-refractivity contribution is 5.60. The summed E-state index contributed by atoms with van der Waals surface area (Å²) in [5, 5.41) is 7.50. The zero-order valence-electron chi connectivity index (χ0n) is 22.7. The molecule has 0 radical (unpaired) electrons. The maximum Gasteiger partial charge on any atom is 0.0543 e. The van der Waals surface area contributed by atoms with Crippen LogP contribution in [0.4, 0.5) is 11.4 Å². The Bertz CT molecular complexity index is 1030. The van der Waals surface area contributed by atoms with E-state index in [0.29, 0.717) is 0 Å². The van der Waals surface area contributed by atoms with Gasteiger partial charge in [0.1, 0.15) is 0 Å². The van der Waals surface area contributed by atoms with E-state index in [1.165, 1.54) is 44.8 Å². The van der Waals surface area contributed by atoms with Crippen LogP contribution in [-0.2, 0) is 25.8 Å². The molecule has 188 valence electrons. The molecule has 2 N–H and O–H groups in total. The van der Waals surface area contributed by atoms with Gasteiger partial charge >= 0.3 is 0 Å². The van der Waals surface area contributed by atoms with Crippen LogP contribution < -0.4 is 10.6 Å². The Kier molecular flexibility index (Phi) is 10.2. The fourth-order valence-electron chi connectivity index (χ4n) is 4.96. The number of aryl methyl sites for hydroxylation is 6. The molecule has 0 fully saturated rings. The van der Waals surface area contributed by atoms with E-state index in [-0.39, 0.29) is 0 Å². The Morgan fingerprint density at radius 1 is 0.743 bits per heavy atom. The molecule has 0 spiro atoms. The molecule has 1 aromatic heterocycles. The van der Waals surface area contributed by atoms with Crippen molar-refractivity contribution in [1.82, 2.24) is 9.88 Å². The van der Waals surface area contributed by atoms with Crippen molar-refractivity contribution in [2.45, 2.75) is 67.3 Å². The second-order valence-corrected chi connectivity index (χ2v) is 9.57. The van der Waals surface area contributed by atoms with Gasteiger partial charge in [0.25, 0.3) is 0 Å². The molecule has 1 heterocycles. The Hall–Kier alpha value is -2.85. The summed E-state index contributed by atoms with van der Waals surface area (Å²) in [5.74, 6) is 0. The van der Waals surface area contributed by atoms with Gasteiger partial charge < -0.3 is 10.6 Å². The Morgan fingerprint density at radius 2 is 1.34 bits per heavy atom. The number of benzene rings is 2. The maximum atomic E-state index is 4.58. The van der Waals surface area contributed by atoms with E-state index in [1.807, 2.05) is 12.3 Å². The highest BCUT2D eigenvalue weighted by Crippen LogP contribution is 2.25. The quantitative estimate of drug-likeness (QED) is 0.290. The summed E-state index contributed by atoms with van der Waals surface area (Å²) >= 11 is 0. The van der Waals surface area contributed by atoms with E-state index in [1.54, 1.807) is 0 Å². The van der Waals surface area contributed by atoms with Crippen LogP contribution in [0.3, 0.4) is 0 Å². The number of nitrogens with zero attached hydrogens (tertiary/aromatic N) is 2. The van der Waals surface area contributed by atoms with Gasteiger partial charge in [-0.2, -0.15) is 0 Å². The van der Waals surface area contributed by atoms with Crippen molar-refractivity contribution in [3.05, 3.63) is 87.7 Å². The van der Waals surface area contributed by atoms with E-state index >= 15 is 0 Å². The first-order valence-electron chi connectivity index (χ1n) is 13.3. The topological polar surface area (TPSA) is 40.2 Å². The average molecular weight is 473 g/mol. The van der Waals surface area contributed by atoms with E-state index in [2.05, 4.69) is 98.5 Å². The number of nitrogens with one attached hydrogen (secondary N) is 2. The van der Waals surface area contributed by atoms with Crippen LogP contribution in [-0.4, -0.2) is 36.1 Å². The third-order valence-corrected chi connectivity index (χ3v) is 6.78. The van der Waals surface area contributed by atoms with Crippen LogP contribution in [0, 0.1) is 20.8 Å². The monoisotopic (exact) mass is 472 g/mol. The van der Waals surface area contributed by atoms with Crippen LogP contribution in [0.25, 0.3) is 0 Å². The molecule has 0 amide bonds. The average Bonchev–Trinajstić information content (AvgIpc) is 2.85. The molecule has 0 aliphatic rings. The largest absolute Gasteiger partial charge is 0.383 e. The van der Waals surface area contributed by atoms with Crippen molar-refractivity contribution in [1.29, 1.82) is 0 Å². The minimum Gasteiger partial charge on any atom is -0.383 e. The van der Waals surface area contributed by atoms with Crippen molar-refractivity contribution in [3.8, 4) is 0 Å². The summed E-state index contributed by atoms with van der Waals surface area (Å²) in [4.78, 5) is 7.08. The number of hydrogen-bond acceptors (Lipinski definition) is 4. The number of aromatic nitrogens is 1. The second-order valence-electron chi connectivity index (χ2n) is 9.57. The summed E-state index contributed by atoms with van der Waals surface area (Å²) in [6.07, 6.45) is 5.09. The number of hydrogen-bond donors (Lipinski definition) is 2. The SMILES string of the molecule is CCc1cc(CC)c(NCCN(CCNc2c(C)cc(C)cc2C)Cc2ccccn2)c(CC)c1. The Balaban J connectivity index is 1.67. The van der Waals surface area contributed by atoms with Gasteiger partial charge in [0, 0.05) is 50.3 Å². The third-order valence-electron chi connectivity index (χ3n) is 6.78. The summed E-state index contributed by atoms with van der Waals surface area (Å²) in [6.45, 7) is 17.9. The van der Waals surface area contributed by atoms with Crippen molar-refractivity contribution >= 4 is 11.4 Å². The van der Waals surface area contributed by atoms with Crippen LogP contribution in [0.15, 0.2) is 48.7 Å². The molecule has 0 aliphatic carbocycles. The van der Waals surface area contributed by atoms with Crippen LogP contribution in [0.2, 0.25) is 0 Å². The smallest absolute Gasteiger partial charge is 0.0543 e. The normalized spacial score (nSPS) is 11.2. The van der Waals surface area contributed by atoms with Crippen LogP contribution in [0.1, 0.15) is 59.8 Å². The minimum absolute atomic E-state index is 0.853. The fourth-order valence-corrected chi connectivity index (χ4v) is 4.96. The van der Waals surface area contributed by atoms with Gasteiger partial charge in [-0.3, -0.25) is 9.88 Å². The van der Waals surface area contributed by atoms with E-state index < -0.39 is 0 Å². The molecule has 4 nitrogen and oxygen atoms in total. The molecule has 0 atom stereocenters. The molecule has 0 saturated carbocycles. The maximum absolute atomic E-state index is 4.58. The lowest BCUT2D eigenvalue weighted by molar-refractivity contribution is 0.283. The Morgan fingerprint density at radius 3 is 1.86 bits per heavy atom. The summed E-state index contributed by atoms with van der Waals surface area (Å²) in [5.41, 5.74) is 12.0. The number of pyridine rings is 1. The Labute approximate surface area is 213 Å². The van der Waals surface area contributed by atoms with E-state index in [9.17, 15) is 0 Å². The first kappa shape index (κ1) is 26.7. The molecular weight excluding hydrogens is 428 g/mol. The van der Waals surface area contributed by atoms with E-state index in [4.69, 9.17) is 0 Å². The predicted octanol–water partition coefficient (Wildman–Crippen LogP) is 6.72. The molecule has 3 rings (SSSR count). The lowest BCUT2D eigenvalue weighted by Crippen LogP contribution is -2.33. The lowest BCUT2D eigenvalue weighted by atomic mass is 9.98. The van der Waals surface area contributed by atoms with Crippen molar-refractivity contribution in [2.24, 2.45) is 0 Å². The predicted molar refractivity (Wildman–Crippen MR) is 152 cm³/mol. The zero-order chi connectivity index (χ0) is 25.2. The summed E-state index contributed by atoms with van der Waals surface area (Å²) < 4.78 is 0. The molecule has 0 saturated heterocycles. The minimum atomic E-state index is 0.853. The van der Waals surface area contributed by atoms with Crippen molar-refractivity contribution in [3.63, 3.8) is 0 Å². The molecule has 2 aromatic carbocycles. The molecule has 3 aromatic rings. The number of anilines is 2. The van der Waals surface area contributed by atoms with Gasteiger partial charge in [0.15, 0.2) is 0 Å². The van der Waals surface area contributed by atoms with Gasteiger partial charge in [-0.15, -0.1) is 0 Å². The van der Waals surface area contributed by atoms with Gasteiger partial charge in [-0.25, -0.2) is 0 Å². The van der Waals surface area contributed by atoms with Gasteiger partial charge in [0.05, 0.1) is 5.69 Å². The lowest BCUT2D eigenvalue weighted by Gasteiger charge is -2.25. The van der Waals surface area contributed by atoms with Crippen LogP contribution >= 0.6 is 0 Å². The van der Waals surface area contributed by atoms with E-state index in [0.717, 1.165) is 57.7 Å². The molecule has 4 heteroatoms.